The maximum absolute atomic E-state index is 5.93. The summed E-state index contributed by atoms with van der Waals surface area (Å²) in [5.74, 6) is 0. The Kier molecular flexibility index (Phi) is 3.92. The molecule has 0 aliphatic heterocycles. The number of benzene rings is 1. The molecule has 0 bridgehead atoms. The highest BCUT2D eigenvalue weighted by atomic mass is 32.2. The van der Waals surface area contributed by atoms with Crippen molar-refractivity contribution in [3.05, 3.63) is 34.9 Å². The van der Waals surface area contributed by atoms with Gasteiger partial charge in [-0.05, 0) is 30.0 Å². The first-order valence-electron chi connectivity index (χ1n) is 5.34. The minimum absolute atomic E-state index is 0.133. The van der Waals surface area contributed by atoms with Gasteiger partial charge in [-0.1, -0.05) is 44.7 Å². The van der Waals surface area contributed by atoms with Crippen molar-refractivity contribution in [2.75, 3.05) is 5.73 Å². The Balaban J connectivity index is 3.09. The number of nitrogens with two attached hydrogens (primary N) is 2. The Hall–Kier alpha value is -1.09. The summed E-state index contributed by atoms with van der Waals surface area (Å²) in [5, 5.41) is 0.776. The van der Waals surface area contributed by atoms with Crippen LogP contribution < -0.4 is 11.5 Å². The van der Waals surface area contributed by atoms with E-state index in [1.54, 1.807) is 0 Å². The molecule has 88 valence electrons. The minimum atomic E-state index is 0.133. The number of anilines is 1. The van der Waals surface area contributed by atoms with Crippen molar-refractivity contribution in [3.8, 4) is 0 Å². The summed E-state index contributed by atoms with van der Waals surface area (Å²) in [6.07, 6.45) is 1.88. The largest absolute Gasteiger partial charge is 0.398 e. The number of nitrogen functional groups attached to an aromatic ring is 1. The van der Waals surface area contributed by atoms with E-state index < -0.39 is 0 Å². The maximum atomic E-state index is 5.93. The van der Waals surface area contributed by atoms with Crippen molar-refractivity contribution in [1.29, 1.82) is 0 Å². The van der Waals surface area contributed by atoms with E-state index in [0.717, 1.165) is 15.6 Å². The molecule has 0 saturated heterocycles. The molecule has 1 aromatic rings. The Bertz CT molecular complexity index is 403. The first-order chi connectivity index (χ1) is 7.34. The van der Waals surface area contributed by atoms with Crippen molar-refractivity contribution in [2.24, 2.45) is 5.73 Å². The number of hydrogen-bond acceptors (Lipinski definition) is 3. The van der Waals surface area contributed by atoms with E-state index in [9.17, 15) is 0 Å². The van der Waals surface area contributed by atoms with E-state index in [1.165, 1.54) is 17.3 Å². The molecule has 0 aliphatic carbocycles. The van der Waals surface area contributed by atoms with Gasteiger partial charge in [0, 0.05) is 10.6 Å². The van der Waals surface area contributed by atoms with Gasteiger partial charge in [-0.15, -0.1) is 0 Å². The molecule has 16 heavy (non-hydrogen) atoms. The fraction of sp³-hybridized carbons (Fsp3) is 0.385. The number of allylic oxidation sites excluding steroid dienone is 1. The molecular formula is C13H20N2S. The first-order valence-corrected chi connectivity index (χ1v) is 6.16. The van der Waals surface area contributed by atoms with Crippen LogP contribution in [0.5, 0.6) is 0 Å². The van der Waals surface area contributed by atoms with Crippen LogP contribution in [-0.4, -0.2) is 0 Å². The molecule has 0 atom stereocenters. The third-order valence-electron chi connectivity index (χ3n) is 2.39. The van der Waals surface area contributed by atoms with Gasteiger partial charge in [0.2, 0.25) is 0 Å². The van der Waals surface area contributed by atoms with Crippen molar-refractivity contribution < 1.29 is 0 Å². The smallest absolute Gasteiger partial charge is 0.0660 e. The predicted octanol–water partition coefficient (Wildman–Crippen LogP) is 3.48. The summed E-state index contributed by atoms with van der Waals surface area (Å²) < 4.78 is 0. The van der Waals surface area contributed by atoms with Crippen LogP contribution in [-0.2, 0) is 5.41 Å². The average Bonchev–Trinajstić information content (AvgIpc) is 2.19. The van der Waals surface area contributed by atoms with Gasteiger partial charge in [0.1, 0.15) is 0 Å². The Morgan fingerprint density at radius 3 is 2.44 bits per heavy atom. The summed E-state index contributed by atoms with van der Waals surface area (Å²) in [4.78, 5) is 1.03. The highest BCUT2D eigenvalue weighted by Crippen LogP contribution is 2.33. The van der Waals surface area contributed by atoms with Crippen LogP contribution in [0, 0.1) is 0 Å². The van der Waals surface area contributed by atoms with Gasteiger partial charge in [-0.25, -0.2) is 0 Å². The zero-order valence-corrected chi connectivity index (χ0v) is 11.2. The van der Waals surface area contributed by atoms with Gasteiger partial charge in [-0.2, -0.15) is 0 Å². The maximum Gasteiger partial charge on any atom is 0.0660 e. The summed E-state index contributed by atoms with van der Waals surface area (Å²) in [6.45, 7) is 8.48. The zero-order valence-electron chi connectivity index (χ0n) is 10.4. The van der Waals surface area contributed by atoms with Crippen molar-refractivity contribution in [2.45, 2.75) is 38.0 Å². The number of rotatable bonds is 2. The molecule has 0 unspecified atom stereocenters. The molecule has 0 radical (unpaired) electrons. The summed E-state index contributed by atoms with van der Waals surface area (Å²) in [7, 11) is 0. The molecule has 0 fully saturated rings. The van der Waals surface area contributed by atoms with Crippen LogP contribution >= 0.6 is 11.8 Å². The minimum Gasteiger partial charge on any atom is -0.398 e. The van der Waals surface area contributed by atoms with Crippen LogP contribution in [0.2, 0.25) is 0 Å². The fourth-order valence-electron chi connectivity index (χ4n) is 1.28. The second-order valence-corrected chi connectivity index (χ2v) is 5.91. The second kappa shape index (κ2) is 4.83. The molecule has 1 rings (SSSR count). The number of thioether (sulfide) groups is 1. The van der Waals surface area contributed by atoms with Crippen molar-refractivity contribution in [3.63, 3.8) is 0 Å². The Labute approximate surface area is 102 Å². The quantitative estimate of drug-likeness (QED) is 0.610. The van der Waals surface area contributed by atoms with Crippen LogP contribution in [0.1, 0.15) is 33.3 Å². The molecule has 0 amide bonds. The third kappa shape index (κ3) is 3.20. The molecule has 1 aromatic carbocycles. The van der Waals surface area contributed by atoms with Crippen LogP contribution in [0.15, 0.2) is 34.2 Å². The summed E-state index contributed by atoms with van der Waals surface area (Å²) in [6, 6.07) is 6.15. The summed E-state index contributed by atoms with van der Waals surface area (Å²) in [5.41, 5.74) is 13.9. The molecule has 0 spiro atoms. The average molecular weight is 236 g/mol. The van der Waals surface area contributed by atoms with Gasteiger partial charge in [0.15, 0.2) is 0 Å². The van der Waals surface area contributed by atoms with E-state index in [0.29, 0.717) is 0 Å². The first kappa shape index (κ1) is 13.0. The van der Waals surface area contributed by atoms with Gasteiger partial charge in [-0.3, -0.25) is 0 Å². The highest BCUT2D eigenvalue weighted by Gasteiger charge is 2.15. The van der Waals surface area contributed by atoms with Crippen molar-refractivity contribution >= 4 is 17.4 Å². The van der Waals surface area contributed by atoms with Gasteiger partial charge >= 0.3 is 0 Å². The molecule has 0 saturated carbocycles. The van der Waals surface area contributed by atoms with E-state index >= 15 is 0 Å². The lowest BCUT2D eigenvalue weighted by Gasteiger charge is -2.20. The molecule has 0 heterocycles. The van der Waals surface area contributed by atoms with E-state index in [2.05, 4.69) is 32.9 Å². The van der Waals surface area contributed by atoms with Gasteiger partial charge in [0.25, 0.3) is 0 Å². The normalized spacial score (nSPS) is 12.9. The second-order valence-electron chi connectivity index (χ2n) is 4.80. The standard InChI is InChI=1S/C13H20N2S/c1-5-12(15)16-11-8-9(13(2,3)4)6-7-10(11)14/h5-8H,14-15H2,1-4H3/b12-5-. The summed E-state index contributed by atoms with van der Waals surface area (Å²) >= 11 is 1.51. The lowest BCUT2D eigenvalue weighted by molar-refractivity contribution is 0.589. The van der Waals surface area contributed by atoms with Gasteiger partial charge in [0.05, 0.1) is 5.03 Å². The number of hydrogen-bond donors (Lipinski definition) is 2. The zero-order chi connectivity index (χ0) is 12.3. The topological polar surface area (TPSA) is 52.0 Å². The Morgan fingerprint density at radius 1 is 1.31 bits per heavy atom. The molecule has 0 aromatic heterocycles. The van der Waals surface area contributed by atoms with Crippen LogP contribution in [0.25, 0.3) is 0 Å². The van der Waals surface area contributed by atoms with Crippen LogP contribution in [0.4, 0.5) is 5.69 Å². The van der Waals surface area contributed by atoms with Gasteiger partial charge < -0.3 is 11.5 Å². The Morgan fingerprint density at radius 2 is 1.94 bits per heavy atom. The molecule has 0 aliphatic rings. The lowest BCUT2D eigenvalue weighted by Crippen LogP contribution is -2.11. The highest BCUT2D eigenvalue weighted by molar-refractivity contribution is 8.03. The van der Waals surface area contributed by atoms with E-state index in [1.807, 2.05) is 19.1 Å². The van der Waals surface area contributed by atoms with Crippen molar-refractivity contribution in [1.82, 2.24) is 0 Å². The lowest BCUT2D eigenvalue weighted by atomic mass is 9.87. The van der Waals surface area contributed by atoms with Crippen LogP contribution in [0.3, 0.4) is 0 Å². The SMILES string of the molecule is C/C=C(/N)Sc1cc(C(C)(C)C)ccc1N. The monoisotopic (exact) mass is 236 g/mol. The third-order valence-corrected chi connectivity index (χ3v) is 3.44. The molecule has 3 heteroatoms. The molecular weight excluding hydrogens is 216 g/mol. The molecule has 2 nitrogen and oxygen atoms in total. The fourth-order valence-corrected chi connectivity index (χ4v) is 2.02. The predicted molar refractivity (Wildman–Crippen MR) is 73.4 cm³/mol. The molecule has 4 N–H and O–H groups in total. The van der Waals surface area contributed by atoms with E-state index in [-0.39, 0.29) is 5.41 Å². The van der Waals surface area contributed by atoms with E-state index in [4.69, 9.17) is 11.5 Å².